The Kier molecular flexibility index (Phi) is 5.75. The van der Waals surface area contributed by atoms with Crippen molar-refractivity contribution in [2.45, 2.75) is 18.5 Å². The molecule has 2 atom stereocenters. The summed E-state index contributed by atoms with van der Waals surface area (Å²) in [6.45, 7) is 1.85. The number of hydrogen-bond donors (Lipinski definition) is 0. The first-order valence-electron chi connectivity index (χ1n) is 12.9. The molecule has 0 radical (unpaired) electrons. The number of hydrogen-bond acceptors (Lipinski definition) is 6. The highest BCUT2D eigenvalue weighted by molar-refractivity contribution is 6.32. The predicted octanol–water partition coefficient (Wildman–Crippen LogP) is 5.82. The Morgan fingerprint density at radius 3 is 2.54 bits per heavy atom. The number of pyridine rings is 1. The van der Waals surface area contributed by atoms with Gasteiger partial charge in [0.05, 0.1) is 23.4 Å². The van der Waals surface area contributed by atoms with Gasteiger partial charge in [0, 0.05) is 60.6 Å². The first-order chi connectivity index (χ1) is 19.0. The van der Waals surface area contributed by atoms with Crippen LogP contribution in [0.3, 0.4) is 0 Å². The van der Waals surface area contributed by atoms with Crippen molar-refractivity contribution in [2.75, 3.05) is 32.1 Å². The van der Waals surface area contributed by atoms with E-state index in [2.05, 4.69) is 21.8 Å². The van der Waals surface area contributed by atoms with Gasteiger partial charge < -0.3 is 9.64 Å². The molecule has 2 aliphatic heterocycles. The number of rotatable bonds is 5. The Morgan fingerprint density at radius 1 is 0.949 bits per heavy atom. The Balaban J connectivity index is 1.46. The van der Waals surface area contributed by atoms with Crippen LogP contribution >= 0.6 is 11.6 Å². The van der Waals surface area contributed by atoms with E-state index < -0.39 is 0 Å². The minimum Gasteiger partial charge on any atom is -0.495 e. The molecule has 2 saturated heterocycles. The van der Waals surface area contributed by atoms with E-state index in [0.717, 1.165) is 58.8 Å². The molecule has 5 aromatic rings. The number of piperazine rings is 1. The molecule has 2 bridgehead atoms. The van der Waals surface area contributed by atoms with Crippen LogP contribution in [0.1, 0.15) is 6.42 Å². The van der Waals surface area contributed by atoms with E-state index in [1.165, 1.54) is 6.07 Å². The lowest BCUT2D eigenvalue weighted by molar-refractivity contribution is 0.292. The van der Waals surface area contributed by atoms with Crippen molar-refractivity contribution >= 4 is 22.9 Å². The van der Waals surface area contributed by atoms with E-state index in [0.29, 0.717) is 28.5 Å². The first-order valence-corrected chi connectivity index (χ1v) is 13.3. The highest BCUT2D eigenvalue weighted by atomic mass is 35.5. The molecule has 0 spiro atoms. The SMILES string of the molecule is COc1cc(-c2c(-c3ccncc3)nn3c(-c4ccc(F)cc4N4C[C@@H]5C[C@H]4CN5C)ccnc23)ccc1Cl. The Hall–Kier alpha value is -4.01. The molecule has 0 amide bonds. The second-order valence-electron chi connectivity index (χ2n) is 10.2. The summed E-state index contributed by atoms with van der Waals surface area (Å²) in [5.41, 5.74) is 6.72. The van der Waals surface area contributed by atoms with Gasteiger partial charge in [-0.2, -0.15) is 5.10 Å². The Bertz CT molecular complexity index is 1710. The molecule has 3 aromatic heterocycles. The second kappa shape index (κ2) is 9.32. The van der Waals surface area contributed by atoms with Gasteiger partial charge in [0.15, 0.2) is 5.65 Å². The van der Waals surface area contributed by atoms with Crippen LogP contribution in [0, 0.1) is 5.82 Å². The van der Waals surface area contributed by atoms with Gasteiger partial charge in [-0.05, 0) is 67.6 Å². The average molecular weight is 541 g/mol. The van der Waals surface area contributed by atoms with Crippen LogP contribution in [0.2, 0.25) is 5.02 Å². The number of ether oxygens (including phenoxy) is 1. The van der Waals surface area contributed by atoms with E-state index in [1.807, 2.05) is 47.0 Å². The zero-order chi connectivity index (χ0) is 26.7. The van der Waals surface area contributed by atoms with Gasteiger partial charge in [-0.1, -0.05) is 17.7 Å². The summed E-state index contributed by atoms with van der Waals surface area (Å²) < 4.78 is 22.0. The third-order valence-electron chi connectivity index (χ3n) is 7.97. The van der Waals surface area contributed by atoms with Crippen LogP contribution in [-0.4, -0.2) is 63.8 Å². The molecule has 0 N–H and O–H groups in total. The zero-order valence-corrected chi connectivity index (χ0v) is 22.3. The van der Waals surface area contributed by atoms with Gasteiger partial charge in [-0.15, -0.1) is 0 Å². The van der Waals surface area contributed by atoms with Crippen LogP contribution in [0.5, 0.6) is 5.75 Å². The maximum absolute atomic E-state index is 14.7. The predicted molar refractivity (Wildman–Crippen MR) is 151 cm³/mol. The number of nitrogens with zero attached hydrogens (tertiary/aromatic N) is 6. The minimum absolute atomic E-state index is 0.248. The number of halogens is 2. The lowest BCUT2D eigenvalue weighted by Crippen LogP contribution is -2.44. The summed E-state index contributed by atoms with van der Waals surface area (Å²) >= 11 is 6.36. The number of fused-ring (bicyclic) bond motifs is 3. The van der Waals surface area contributed by atoms with Gasteiger partial charge in [0.2, 0.25) is 0 Å². The van der Waals surface area contributed by atoms with Gasteiger partial charge in [-0.25, -0.2) is 13.9 Å². The smallest absolute Gasteiger partial charge is 0.164 e. The van der Waals surface area contributed by atoms with Gasteiger partial charge in [0.25, 0.3) is 0 Å². The molecule has 2 aromatic carbocycles. The summed E-state index contributed by atoms with van der Waals surface area (Å²) in [5, 5.41) is 5.62. The minimum atomic E-state index is -0.248. The summed E-state index contributed by atoms with van der Waals surface area (Å²) in [6.07, 6.45) is 6.37. The van der Waals surface area contributed by atoms with E-state index in [1.54, 1.807) is 31.8 Å². The lowest BCUT2D eigenvalue weighted by atomic mass is 10.0. The third kappa shape index (κ3) is 3.94. The molecular formula is C30H26ClFN6O. The Labute approximate surface area is 230 Å². The van der Waals surface area contributed by atoms with E-state index in [9.17, 15) is 4.39 Å². The number of benzene rings is 2. The van der Waals surface area contributed by atoms with E-state index in [-0.39, 0.29) is 5.82 Å². The molecule has 196 valence electrons. The highest BCUT2D eigenvalue weighted by Gasteiger charge is 2.42. The molecule has 39 heavy (non-hydrogen) atoms. The average Bonchev–Trinajstić information content (AvgIpc) is 3.66. The maximum Gasteiger partial charge on any atom is 0.164 e. The van der Waals surface area contributed by atoms with Gasteiger partial charge >= 0.3 is 0 Å². The third-order valence-corrected chi connectivity index (χ3v) is 8.28. The zero-order valence-electron chi connectivity index (χ0n) is 21.6. The summed E-state index contributed by atoms with van der Waals surface area (Å²) in [5.74, 6) is 0.322. The molecule has 7 nitrogen and oxygen atoms in total. The van der Waals surface area contributed by atoms with Crippen molar-refractivity contribution in [1.29, 1.82) is 0 Å². The second-order valence-corrected chi connectivity index (χ2v) is 10.6. The molecular weight excluding hydrogens is 515 g/mol. The van der Waals surface area contributed by atoms with Crippen LogP contribution < -0.4 is 9.64 Å². The molecule has 2 fully saturated rings. The summed E-state index contributed by atoms with van der Waals surface area (Å²) in [7, 11) is 3.76. The van der Waals surface area contributed by atoms with E-state index in [4.69, 9.17) is 26.4 Å². The number of anilines is 1. The first kappa shape index (κ1) is 24.1. The molecule has 0 unspecified atom stereocenters. The highest BCUT2D eigenvalue weighted by Crippen LogP contribution is 2.42. The molecule has 9 heteroatoms. The van der Waals surface area contributed by atoms with E-state index >= 15 is 0 Å². The molecule has 0 aliphatic carbocycles. The van der Waals surface area contributed by atoms with Crippen molar-refractivity contribution in [3.8, 4) is 39.4 Å². The van der Waals surface area contributed by atoms with Crippen molar-refractivity contribution in [3.05, 3.63) is 84.0 Å². The van der Waals surface area contributed by atoms with Crippen molar-refractivity contribution < 1.29 is 9.13 Å². The maximum atomic E-state index is 14.7. The molecule has 5 heterocycles. The number of aromatic nitrogens is 4. The quantitative estimate of drug-likeness (QED) is 0.280. The van der Waals surface area contributed by atoms with Crippen LogP contribution in [0.15, 0.2) is 73.2 Å². The van der Waals surface area contributed by atoms with Crippen molar-refractivity contribution in [2.24, 2.45) is 0 Å². The van der Waals surface area contributed by atoms with Crippen LogP contribution in [0.25, 0.3) is 39.3 Å². The van der Waals surface area contributed by atoms with Crippen molar-refractivity contribution in [1.82, 2.24) is 24.5 Å². The fourth-order valence-electron chi connectivity index (χ4n) is 6.06. The number of methoxy groups -OCH3 is 1. The number of likely N-dealkylation sites (tertiary alicyclic amines) is 1. The molecule has 7 rings (SSSR count). The summed E-state index contributed by atoms with van der Waals surface area (Å²) in [4.78, 5) is 13.7. The fraction of sp³-hybridized carbons (Fsp3) is 0.233. The number of likely N-dealkylation sites (N-methyl/N-ethyl adjacent to an activating group) is 1. The lowest BCUT2D eigenvalue weighted by Gasteiger charge is -2.34. The normalized spacial score (nSPS) is 18.8. The Morgan fingerprint density at radius 2 is 1.79 bits per heavy atom. The molecule has 0 saturated carbocycles. The standard InChI is InChI=1S/C30H26ClFN6O/c1-36-16-22-15-21(36)17-37(22)26-14-20(32)4-5-23(26)25-9-12-34-30-28(19-3-6-24(31)27(13-19)39-2)29(35-38(25)30)18-7-10-33-11-8-18/h3-14,21-22H,15-17H2,1-2H3/t21-,22-/m0/s1. The van der Waals surface area contributed by atoms with Crippen LogP contribution in [0.4, 0.5) is 10.1 Å². The van der Waals surface area contributed by atoms with Gasteiger partial charge in [-0.3, -0.25) is 9.88 Å². The van der Waals surface area contributed by atoms with Crippen molar-refractivity contribution in [3.63, 3.8) is 0 Å². The largest absolute Gasteiger partial charge is 0.495 e. The topological polar surface area (TPSA) is 58.8 Å². The fourth-order valence-corrected chi connectivity index (χ4v) is 6.26. The molecule has 2 aliphatic rings. The summed E-state index contributed by atoms with van der Waals surface area (Å²) in [6, 6.07) is 17.3. The monoisotopic (exact) mass is 540 g/mol. The van der Waals surface area contributed by atoms with Gasteiger partial charge in [0.1, 0.15) is 17.3 Å². The van der Waals surface area contributed by atoms with Crippen LogP contribution in [-0.2, 0) is 0 Å².